The molecule has 1 aliphatic rings. The Kier molecular flexibility index (Phi) is 6.88. The zero-order valence-corrected chi connectivity index (χ0v) is 24.2. The van der Waals surface area contributed by atoms with Crippen LogP contribution in [0.3, 0.4) is 0 Å². The first-order valence-corrected chi connectivity index (χ1v) is 14.0. The summed E-state index contributed by atoms with van der Waals surface area (Å²) in [6.07, 6.45) is 7.55. The van der Waals surface area contributed by atoms with Crippen molar-refractivity contribution in [2.24, 2.45) is 5.41 Å². The second-order valence-electron chi connectivity index (χ2n) is 11.6. The summed E-state index contributed by atoms with van der Waals surface area (Å²) in [5.74, 6) is 0.558. The zero-order valence-electron chi connectivity index (χ0n) is 23.4. The maximum absolute atomic E-state index is 9.87. The molecule has 0 spiro atoms. The Morgan fingerprint density at radius 1 is 1.15 bits per heavy atom. The number of nitrogens with zero attached hydrogens (tertiary/aromatic N) is 6. The Balaban J connectivity index is 1.49. The molecule has 208 valence electrons. The maximum atomic E-state index is 9.87. The summed E-state index contributed by atoms with van der Waals surface area (Å²) in [5, 5.41) is 29.2. The van der Waals surface area contributed by atoms with E-state index in [9.17, 15) is 5.26 Å². The van der Waals surface area contributed by atoms with Crippen LogP contribution in [0.25, 0.3) is 21.7 Å². The Bertz CT molecular complexity index is 1800. The van der Waals surface area contributed by atoms with E-state index < -0.39 is 0 Å². The minimum atomic E-state index is -0.357. The van der Waals surface area contributed by atoms with Crippen molar-refractivity contribution in [1.82, 2.24) is 25.0 Å². The molecule has 1 saturated carbocycles. The largest absolute Gasteiger partial charge is 0.481 e. The van der Waals surface area contributed by atoms with E-state index in [1.165, 1.54) is 0 Å². The Hall–Kier alpha value is -4.42. The Morgan fingerprint density at radius 3 is 2.71 bits per heavy atom. The van der Waals surface area contributed by atoms with Gasteiger partial charge in [0.1, 0.15) is 11.8 Å². The molecule has 2 aromatic carbocycles. The summed E-state index contributed by atoms with van der Waals surface area (Å²) in [4.78, 5) is 8.91. The molecule has 41 heavy (non-hydrogen) atoms. The van der Waals surface area contributed by atoms with Crippen LogP contribution in [0.5, 0.6) is 5.88 Å². The fraction of sp³-hybridized carbons (Fsp3) is 0.323. The van der Waals surface area contributed by atoms with E-state index in [1.54, 1.807) is 19.5 Å². The number of halogens is 1. The molecule has 0 bridgehead atoms. The molecule has 1 fully saturated rings. The number of nitrogens with one attached hydrogen (secondary N) is 2. The summed E-state index contributed by atoms with van der Waals surface area (Å²) in [5.41, 5.74) is 4.36. The molecule has 1 aliphatic carbocycles. The van der Waals surface area contributed by atoms with Gasteiger partial charge in [0, 0.05) is 35.4 Å². The van der Waals surface area contributed by atoms with Crippen LogP contribution in [0.4, 0.5) is 11.4 Å². The number of aromatic nitrogens is 5. The van der Waals surface area contributed by atoms with Gasteiger partial charge in [-0.3, -0.25) is 4.98 Å². The number of methoxy groups -OCH3 is 1. The molecule has 1 unspecified atom stereocenters. The van der Waals surface area contributed by atoms with Crippen molar-refractivity contribution in [3.05, 3.63) is 76.8 Å². The van der Waals surface area contributed by atoms with Gasteiger partial charge in [-0.2, -0.15) is 5.26 Å². The van der Waals surface area contributed by atoms with Gasteiger partial charge in [0.05, 0.1) is 47.2 Å². The lowest BCUT2D eigenvalue weighted by molar-refractivity contribution is 0.403. The third kappa shape index (κ3) is 5.35. The van der Waals surface area contributed by atoms with Crippen LogP contribution in [0.15, 0.2) is 55.0 Å². The lowest BCUT2D eigenvalue weighted by Crippen LogP contribution is -2.20. The van der Waals surface area contributed by atoms with Gasteiger partial charge in [-0.05, 0) is 53.5 Å². The van der Waals surface area contributed by atoms with Crippen molar-refractivity contribution in [3.63, 3.8) is 0 Å². The van der Waals surface area contributed by atoms with Gasteiger partial charge in [-0.15, -0.1) is 5.10 Å². The van der Waals surface area contributed by atoms with Crippen LogP contribution in [-0.2, 0) is 0 Å². The van der Waals surface area contributed by atoms with Crippen LogP contribution < -0.4 is 15.4 Å². The number of ether oxygens (including phenoxy) is 1. The highest BCUT2D eigenvalue weighted by Crippen LogP contribution is 2.39. The van der Waals surface area contributed by atoms with Crippen molar-refractivity contribution in [1.29, 1.82) is 5.26 Å². The molecule has 3 aromatic heterocycles. The smallest absolute Gasteiger partial charge is 0.221 e. The summed E-state index contributed by atoms with van der Waals surface area (Å²) >= 11 is 6.81. The molecule has 9 nitrogen and oxygen atoms in total. The van der Waals surface area contributed by atoms with E-state index in [2.05, 4.69) is 63.8 Å². The lowest BCUT2D eigenvalue weighted by atomic mass is 9.96. The average molecular weight is 567 g/mol. The van der Waals surface area contributed by atoms with Crippen LogP contribution in [0.2, 0.25) is 5.02 Å². The fourth-order valence-electron chi connectivity index (χ4n) is 5.01. The molecule has 3 heterocycles. The standard InChI is InChI=1S/C31H31ClN8O/c1-31(2,3)17-36-27-18(14-33)15-35-28-24(27)12-19(13-25(28)32)37-29(26-16-40(39-38-26)20-8-9-20)22-6-5-7-23-21(22)10-11-34-30(23)41-4/h5-7,10-13,15-16,20,29,37H,8-9,17H2,1-4H3,(H,35,36). The molecule has 1 atom stereocenters. The van der Waals surface area contributed by atoms with Crippen molar-refractivity contribution in [2.45, 2.75) is 45.7 Å². The second kappa shape index (κ2) is 10.5. The SMILES string of the molecule is COc1nccc2c(C(Nc3cc(Cl)c4ncc(C#N)c(NCC(C)(C)C)c4c3)c3cn(C4CC4)nn3)cccc12. The molecule has 0 saturated heterocycles. The normalized spacial score (nSPS) is 14.1. The van der Waals surface area contributed by atoms with E-state index in [1.807, 2.05) is 41.2 Å². The monoisotopic (exact) mass is 566 g/mol. The molecular weight excluding hydrogens is 536 g/mol. The number of benzene rings is 2. The summed E-state index contributed by atoms with van der Waals surface area (Å²) < 4.78 is 7.50. The molecule has 10 heteroatoms. The molecule has 0 radical (unpaired) electrons. The lowest BCUT2D eigenvalue weighted by Gasteiger charge is -2.23. The molecule has 0 aliphatic heterocycles. The van der Waals surface area contributed by atoms with Crippen LogP contribution in [0, 0.1) is 16.7 Å². The van der Waals surface area contributed by atoms with Crippen LogP contribution in [-0.4, -0.2) is 38.6 Å². The topological polar surface area (TPSA) is 114 Å². The number of pyridine rings is 2. The Morgan fingerprint density at radius 2 is 1.98 bits per heavy atom. The van der Waals surface area contributed by atoms with Gasteiger partial charge in [-0.25, -0.2) is 9.67 Å². The first-order chi connectivity index (χ1) is 19.8. The number of nitriles is 1. The molecular formula is C31H31ClN8O. The van der Waals surface area contributed by atoms with E-state index in [0.29, 0.717) is 34.6 Å². The highest BCUT2D eigenvalue weighted by Gasteiger charge is 2.28. The third-order valence-corrected chi connectivity index (χ3v) is 7.49. The second-order valence-corrected chi connectivity index (χ2v) is 12.0. The van der Waals surface area contributed by atoms with Crippen LogP contribution in [0.1, 0.15) is 62.5 Å². The van der Waals surface area contributed by atoms with Gasteiger partial charge in [0.25, 0.3) is 0 Å². The fourth-order valence-corrected chi connectivity index (χ4v) is 5.28. The predicted molar refractivity (Wildman–Crippen MR) is 161 cm³/mol. The average Bonchev–Trinajstić information content (AvgIpc) is 3.70. The number of fused-ring (bicyclic) bond motifs is 2. The van der Waals surface area contributed by atoms with Crippen molar-refractivity contribution in [2.75, 3.05) is 24.3 Å². The van der Waals surface area contributed by atoms with Gasteiger partial charge in [0.2, 0.25) is 5.88 Å². The van der Waals surface area contributed by atoms with Gasteiger partial charge in [0.15, 0.2) is 0 Å². The summed E-state index contributed by atoms with van der Waals surface area (Å²) in [6, 6.07) is 14.2. The van der Waals surface area contributed by atoms with E-state index >= 15 is 0 Å². The first kappa shape index (κ1) is 26.8. The molecule has 0 amide bonds. The predicted octanol–water partition coefficient (Wildman–Crippen LogP) is 6.90. The zero-order chi connectivity index (χ0) is 28.7. The van der Waals surface area contributed by atoms with Gasteiger partial charge < -0.3 is 15.4 Å². The number of hydrogen-bond acceptors (Lipinski definition) is 8. The van der Waals surface area contributed by atoms with Crippen molar-refractivity contribution >= 4 is 44.7 Å². The van der Waals surface area contributed by atoms with Crippen molar-refractivity contribution in [3.8, 4) is 11.9 Å². The minimum absolute atomic E-state index is 0.00470. The van der Waals surface area contributed by atoms with Gasteiger partial charge in [-0.1, -0.05) is 49.7 Å². The highest BCUT2D eigenvalue weighted by atomic mass is 35.5. The molecule has 2 N–H and O–H groups in total. The quantitative estimate of drug-likeness (QED) is 0.208. The number of anilines is 2. The Labute approximate surface area is 243 Å². The van der Waals surface area contributed by atoms with E-state index in [4.69, 9.17) is 16.3 Å². The first-order valence-electron chi connectivity index (χ1n) is 13.6. The van der Waals surface area contributed by atoms with Crippen molar-refractivity contribution < 1.29 is 4.74 Å². The summed E-state index contributed by atoms with van der Waals surface area (Å²) in [7, 11) is 1.62. The third-order valence-electron chi connectivity index (χ3n) is 7.20. The molecule has 6 rings (SSSR count). The van der Waals surface area contributed by atoms with Gasteiger partial charge >= 0.3 is 0 Å². The summed E-state index contributed by atoms with van der Waals surface area (Å²) in [6.45, 7) is 7.10. The minimum Gasteiger partial charge on any atom is -0.481 e. The van der Waals surface area contributed by atoms with E-state index in [-0.39, 0.29) is 11.5 Å². The van der Waals surface area contributed by atoms with Crippen LogP contribution >= 0.6 is 11.6 Å². The van der Waals surface area contributed by atoms with E-state index in [0.717, 1.165) is 51.6 Å². The number of rotatable bonds is 8. The highest BCUT2D eigenvalue weighted by molar-refractivity contribution is 6.35. The maximum Gasteiger partial charge on any atom is 0.221 e. The molecule has 5 aromatic rings. The number of hydrogen-bond donors (Lipinski definition) is 2.